The summed E-state index contributed by atoms with van der Waals surface area (Å²) in [7, 11) is -3.44. The molecular weight excluding hydrogens is 314 g/mol. The van der Waals surface area contributed by atoms with E-state index in [0.717, 1.165) is 22.6 Å². The van der Waals surface area contributed by atoms with Crippen molar-refractivity contribution in [1.29, 1.82) is 0 Å². The third-order valence-corrected chi connectivity index (χ3v) is 6.71. The summed E-state index contributed by atoms with van der Waals surface area (Å²) < 4.78 is 27.4. The third-order valence-electron chi connectivity index (χ3n) is 3.87. The molecule has 0 bridgehead atoms. The van der Waals surface area contributed by atoms with Crippen LogP contribution in [0.4, 0.5) is 0 Å². The highest BCUT2D eigenvalue weighted by atomic mass is 32.2. The van der Waals surface area contributed by atoms with Gasteiger partial charge in [-0.15, -0.1) is 0 Å². The molecule has 3 nitrogen and oxygen atoms in total. The van der Waals surface area contributed by atoms with Crippen LogP contribution in [0.25, 0.3) is 0 Å². The fourth-order valence-corrected chi connectivity index (χ4v) is 5.06. The van der Waals surface area contributed by atoms with Crippen molar-refractivity contribution in [2.24, 2.45) is 0 Å². The minimum absolute atomic E-state index is 0.376. The summed E-state index contributed by atoms with van der Waals surface area (Å²) in [4.78, 5) is 0.376. The van der Waals surface area contributed by atoms with Crippen molar-refractivity contribution < 1.29 is 8.42 Å². The highest BCUT2D eigenvalue weighted by Crippen LogP contribution is 2.25. The van der Waals surface area contributed by atoms with Crippen molar-refractivity contribution in [3.05, 3.63) is 65.2 Å². The lowest BCUT2D eigenvalue weighted by atomic mass is 10.1. The van der Waals surface area contributed by atoms with Gasteiger partial charge in [0.2, 0.25) is 10.0 Å². The first-order valence-electron chi connectivity index (χ1n) is 7.29. The predicted octanol–water partition coefficient (Wildman–Crippen LogP) is 3.43. The Kier molecular flexibility index (Phi) is 4.57. The van der Waals surface area contributed by atoms with Crippen LogP contribution in [0.1, 0.15) is 16.7 Å². The van der Waals surface area contributed by atoms with Crippen LogP contribution in [-0.2, 0) is 22.3 Å². The third kappa shape index (κ3) is 3.21. The molecule has 0 unspecified atom stereocenters. The highest BCUT2D eigenvalue weighted by molar-refractivity contribution is 7.98. The van der Waals surface area contributed by atoms with Gasteiger partial charge < -0.3 is 0 Å². The Balaban J connectivity index is 1.95. The van der Waals surface area contributed by atoms with Gasteiger partial charge in [0.25, 0.3) is 0 Å². The molecule has 0 aliphatic carbocycles. The van der Waals surface area contributed by atoms with E-state index in [0.29, 0.717) is 18.0 Å². The van der Waals surface area contributed by atoms with Gasteiger partial charge in [-0.25, -0.2) is 8.42 Å². The summed E-state index contributed by atoms with van der Waals surface area (Å²) in [6.07, 6.45) is 0. The van der Waals surface area contributed by atoms with Crippen LogP contribution in [0.15, 0.2) is 53.4 Å². The van der Waals surface area contributed by atoms with Crippen LogP contribution in [0.5, 0.6) is 0 Å². The number of hydrogen-bond donors (Lipinski definition) is 0. The monoisotopic (exact) mass is 333 g/mol. The van der Waals surface area contributed by atoms with E-state index in [1.807, 2.05) is 37.3 Å². The second-order valence-electron chi connectivity index (χ2n) is 5.47. The Labute approximate surface area is 136 Å². The molecule has 0 atom stereocenters. The number of benzene rings is 2. The second kappa shape index (κ2) is 6.44. The number of aryl methyl sites for hydroxylation is 1. The van der Waals surface area contributed by atoms with Crippen LogP contribution in [0.3, 0.4) is 0 Å². The number of hydrogen-bond acceptors (Lipinski definition) is 3. The Morgan fingerprint density at radius 3 is 2.41 bits per heavy atom. The Bertz CT molecular complexity index is 754. The number of thioether (sulfide) groups is 1. The van der Waals surface area contributed by atoms with E-state index in [1.165, 1.54) is 5.56 Å². The van der Waals surface area contributed by atoms with Crippen LogP contribution < -0.4 is 0 Å². The molecule has 0 spiro atoms. The zero-order valence-corrected chi connectivity index (χ0v) is 14.2. The summed E-state index contributed by atoms with van der Waals surface area (Å²) in [6.45, 7) is 2.96. The summed E-state index contributed by atoms with van der Waals surface area (Å²) in [5.74, 6) is 1.77. The smallest absolute Gasteiger partial charge is 0.207 e. The molecule has 0 saturated heterocycles. The SMILES string of the molecule is Cc1ccc(S(=O)(=O)N2CCSCc3ccccc3C2)cc1. The van der Waals surface area contributed by atoms with Gasteiger partial charge >= 0.3 is 0 Å². The van der Waals surface area contributed by atoms with Gasteiger partial charge in [0.1, 0.15) is 0 Å². The molecule has 0 fully saturated rings. The van der Waals surface area contributed by atoms with Crippen molar-refractivity contribution in [2.45, 2.75) is 24.1 Å². The highest BCUT2D eigenvalue weighted by Gasteiger charge is 2.26. The van der Waals surface area contributed by atoms with E-state index in [9.17, 15) is 8.42 Å². The first-order valence-corrected chi connectivity index (χ1v) is 9.88. The zero-order chi connectivity index (χ0) is 15.6. The molecule has 3 rings (SSSR count). The van der Waals surface area contributed by atoms with Crippen molar-refractivity contribution in [2.75, 3.05) is 12.3 Å². The summed E-state index contributed by atoms with van der Waals surface area (Å²) in [6, 6.07) is 15.2. The average molecular weight is 333 g/mol. The zero-order valence-electron chi connectivity index (χ0n) is 12.5. The molecule has 5 heteroatoms. The standard InChI is InChI=1S/C17H19NO2S2/c1-14-6-8-17(9-7-14)22(19,20)18-10-11-21-13-16-5-3-2-4-15(16)12-18/h2-9H,10-13H2,1H3. The van der Waals surface area contributed by atoms with Crippen molar-refractivity contribution in [3.8, 4) is 0 Å². The van der Waals surface area contributed by atoms with Crippen molar-refractivity contribution in [3.63, 3.8) is 0 Å². The van der Waals surface area contributed by atoms with E-state index in [2.05, 4.69) is 6.07 Å². The van der Waals surface area contributed by atoms with Gasteiger partial charge in [-0.2, -0.15) is 16.1 Å². The lowest BCUT2D eigenvalue weighted by Crippen LogP contribution is -2.33. The normalized spacial score (nSPS) is 16.6. The molecule has 0 aromatic heterocycles. The van der Waals surface area contributed by atoms with E-state index in [1.54, 1.807) is 28.2 Å². The van der Waals surface area contributed by atoms with E-state index < -0.39 is 10.0 Å². The molecule has 2 aromatic carbocycles. The molecule has 0 N–H and O–H groups in total. The maximum Gasteiger partial charge on any atom is 0.243 e. The topological polar surface area (TPSA) is 37.4 Å². The molecule has 0 saturated carbocycles. The van der Waals surface area contributed by atoms with E-state index in [-0.39, 0.29) is 0 Å². The van der Waals surface area contributed by atoms with Crippen LogP contribution in [0.2, 0.25) is 0 Å². The minimum atomic E-state index is -3.44. The van der Waals surface area contributed by atoms with Crippen LogP contribution in [-0.4, -0.2) is 25.0 Å². The Morgan fingerprint density at radius 2 is 1.68 bits per heavy atom. The second-order valence-corrected chi connectivity index (χ2v) is 8.52. The van der Waals surface area contributed by atoms with Gasteiger partial charge in [-0.05, 0) is 30.2 Å². The van der Waals surface area contributed by atoms with Gasteiger partial charge in [-0.1, -0.05) is 42.0 Å². The van der Waals surface area contributed by atoms with Crippen molar-refractivity contribution in [1.82, 2.24) is 4.31 Å². The quantitative estimate of drug-likeness (QED) is 0.845. The molecule has 1 aliphatic heterocycles. The number of fused-ring (bicyclic) bond motifs is 1. The summed E-state index contributed by atoms with van der Waals surface area (Å²) in [5, 5.41) is 0. The number of rotatable bonds is 2. The van der Waals surface area contributed by atoms with Gasteiger partial charge in [-0.3, -0.25) is 0 Å². The predicted molar refractivity (Wildman–Crippen MR) is 91.4 cm³/mol. The number of sulfonamides is 1. The first kappa shape index (κ1) is 15.6. The van der Waals surface area contributed by atoms with Gasteiger partial charge in [0.15, 0.2) is 0 Å². The first-order chi connectivity index (χ1) is 10.6. The Hall–Kier alpha value is -1.30. The van der Waals surface area contributed by atoms with E-state index >= 15 is 0 Å². The average Bonchev–Trinajstić information content (AvgIpc) is 2.48. The maximum absolute atomic E-state index is 12.9. The molecular formula is C17H19NO2S2. The van der Waals surface area contributed by atoms with Crippen LogP contribution >= 0.6 is 11.8 Å². The summed E-state index contributed by atoms with van der Waals surface area (Å²) >= 11 is 1.78. The fraction of sp³-hybridized carbons (Fsp3) is 0.294. The molecule has 0 amide bonds. The van der Waals surface area contributed by atoms with Gasteiger partial charge in [0, 0.05) is 24.6 Å². The molecule has 1 aliphatic rings. The van der Waals surface area contributed by atoms with Crippen LogP contribution in [0, 0.1) is 6.92 Å². The Morgan fingerprint density at radius 1 is 1.00 bits per heavy atom. The molecule has 1 heterocycles. The van der Waals surface area contributed by atoms with E-state index in [4.69, 9.17) is 0 Å². The number of nitrogens with zero attached hydrogens (tertiary/aromatic N) is 1. The molecule has 0 radical (unpaired) electrons. The molecule has 2 aromatic rings. The largest absolute Gasteiger partial charge is 0.243 e. The molecule has 116 valence electrons. The summed E-state index contributed by atoms with van der Waals surface area (Å²) in [5.41, 5.74) is 3.40. The van der Waals surface area contributed by atoms with Crippen molar-refractivity contribution >= 4 is 21.8 Å². The maximum atomic E-state index is 12.9. The van der Waals surface area contributed by atoms with Gasteiger partial charge in [0.05, 0.1) is 4.90 Å². The molecule has 22 heavy (non-hydrogen) atoms. The lowest BCUT2D eigenvalue weighted by molar-refractivity contribution is 0.424. The minimum Gasteiger partial charge on any atom is -0.207 e. The lowest BCUT2D eigenvalue weighted by Gasteiger charge is -2.25. The fourth-order valence-electron chi connectivity index (χ4n) is 2.53.